The van der Waals surface area contributed by atoms with Crippen LogP contribution in [0.4, 0.5) is 4.39 Å². The summed E-state index contributed by atoms with van der Waals surface area (Å²) in [5, 5.41) is 3.77. The van der Waals surface area contributed by atoms with Crippen LogP contribution >= 0.6 is 11.8 Å². The molecule has 1 aromatic heterocycles. The molecule has 0 aliphatic rings. The summed E-state index contributed by atoms with van der Waals surface area (Å²) in [6.45, 7) is 0.528. The number of ether oxygens (including phenoxy) is 2. The predicted octanol–water partition coefficient (Wildman–Crippen LogP) is 4.01. The van der Waals surface area contributed by atoms with E-state index >= 15 is 0 Å². The maximum Gasteiger partial charge on any atom is 0.262 e. The number of aromatic nitrogens is 2. The van der Waals surface area contributed by atoms with Gasteiger partial charge in [-0.1, -0.05) is 42.1 Å². The standard InChI is InChI=1S/C26H24FN3O4S/c1-33-22-12-9-18(13-23(22)34-2)14-28-24(31)16-35-26-29-21-6-4-3-5-20(21)25(32)30(26)15-17-7-10-19(27)11-8-17/h3-13H,14-16H2,1-2H3,(H,28,31). The van der Waals surface area contributed by atoms with Crippen LogP contribution in [0.2, 0.25) is 0 Å². The van der Waals surface area contributed by atoms with Crippen LogP contribution in [0.5, 0.6) is 11.5 Å². The number of para-hydroxylation sites is 1. The highest BCUT2D eigenvalue weighted by molar-refractivity contribution is 7.99. The summed E-state index contributed by atoms with van der Waals surface area (Å²) in [6.07, 6.45) is 0. The molecule has 4 aromatic rings. The van der Waals surface area contributed by atoms with Crippen molar-refractivity contribution in [3.05, 3.63) is 94.0 Å². The lowest BCUT2D eigenvalue weighted by Crippen LogP contribution is -2.27. The highest BCUT2D eigenvalue weighted by Gasteiger charge is 2.14. The summed E-state index contributed by atoms with van der Waals surface area (Å²) in [5.74, 6) is 0.707. The van der Waals surface area contributed by atoms with E-state index in [2.05, 4.69) is 10.3 Å². The number of carbonyl (C=O) groups excluding carboxylic acids is 1. The molecule has 0 aliphatic carbocycles. The van der Waals surface area contributed by atoms with E-state index in [0.717, 1.165) is 11.1 Å². The Morgan fingerprint density at radius 2 is 1.71 bits per heavy atom. The molecule has 35 heavy (non-hydrogen) atoms. The average molecular weight is 494 g/mol. The Kier molecular flexibility index (Phi) is 7.67. The van der Waals surface area contributed by atoms with Crippen LogP contribution in [0.15, 0.2) is 76.7 Å². The molecule has 7 nitrogen and oxygen atoms in total. The minimum Gasteiger partial charge on any atom is -0.493 e. The number of nitrogens with one attached hydrogen (secondary N) is 1. The van der Waals surface area contributed by atoms with Gasteiger partial charge in [0.2, 0.25) is 5.91 Å². The highest BCUT2D eigenvalue weighted by Crippen LogP contribution is 2.27. The molecule has 0 radical (unpaired) electrons. The summed E-state index contributed by atoms with van der Waals surface area (Å²) < 4.78 is 25.4. The molecule has 9 heteroatoms. The molecule has 0 fully saturated rings. The van der Waals surface area contributed by atoms with Crippen LogP contribution < -0.4 is 20.3 Å². The molecule has 0 saturated carbocycles. The van der Waals surface area contributed by atoms with Gasteiger partial charge in [0.25, 0.3) is 5.56 Å². The molecule has 1 amide bonds. The number of halogens is 1. The third-order valence-electron chi connectivity index (χ3n) is 5.35. The summed E-state index contributed by atoms with van der Waals surface area (Å²) in [5.41, 5.74) is 1.96. The van der Waals surface area contributed by atoms with E-state index < -0.39 is 0 Å². The first-order valence-corrected chi connectivity index (χ1v) is 11.8. The van der Waals surface area contributed by atoms with Crippen molar-refractivity contribution in [2.24, 2.45) is 0 Å². The smallest absolute Gasteiger partial charge is 0.262 e. The Balaban J connectivity index is 1.50. The van der Waals surface area contributed by atoms with E-state index in [1.165, 1.54) is 28.5 Å². The third kappa shape index (κ3) is 5.81. The van der Waals surface area contributed by atoms with Crippen LogP contribution in [-0.2, 0) is 17.9 Å². The molecule has 4 rings (SSSR count). The molecule has 0 unspecified atom stereocenters. The van der Waals surface area contributed by atoms with Crippen LogP contribution in [0.1, 0.15) is 11.1 Å². The van der Waals surface area contributed by atoms with Crippen LogP contribution in [0.25, 0.3) is 10.9 Å². The Morgan fingerprint density at radius 1 is 1.00 bits per heavy atom. The number of rotatable bonds is 9. The SMILES string of the molecule is COc1ccc(CNC(=O)CSc2nc3ccccc3c(=O)n2Cc2ccc(F)cc2)cc1OC. The monoisotopic (exact) mass is 493 g/mol. The lowest BCUT2D eigenvalue weighted by molar-refractivity contribution is -0.118. The van der Waals surface area contributed by atoms with Crippen molar-refractivity contribution < 1.29 is 18.7 Å². The second-order valence-electron chi connectivity index (χ2n) is 7.68. The van der Waals surface area contributed by atoms with Gasteiger partial charge in [0.15, 0.2) is 16.7 Å². The number of hydrogen-bond donors (Lipinski definition) is 1. The van der Waals surface area contributed by atoms with Crippen molar-refractivity contribution in [2.75, 3.05) is 20.0 Å². The van der Waals surface area contributed by atoms with E-state index in [1.54, 1.807) is 56.7 Å². The van der Waals surface area contributed by atoms with Gasteiger partial charge in [-0.2, -0.15) is 0 Å². The molecule has 0 spiro atoms. The molecular weight excluding hydrogens is 469 g/mol. The van der Waals surface area contributed by atoms with Gasteiger partial charge in [-0.15, -0.1) is 0 Å². The van der Waals surface area contributed by atoms with Gasteiger partial charge in [-0.3, -0.25) is 14.2 Å². The second-order valence-corrected chi connectivity index (χ2v) is 8.63. The number of thioether (sulfide) groups is 1. The van der Waals surface area contributed by atoms with Gasteiger partial charge >= 0.3 is 0 Å². The first kappa shape index (κ1) is 24.3. The van der Waals surface area contributed by atoms with E-state index in [0.29, 0.717) is 34.1 Å². The minimum atomic E-state index is -0.349. The molecule has 1 N–H and O–H groups in total. The zero-order valence-corrected chi connectivity index (χ0v) is 20.1. The lowest BCUT2D eigenvalue weighted by atomic mass is 10.2. The largest absolute Gasteiger partial charge is 0.493 e. The van der Waals surface area contributed by atoms with Crippen molar-refractivity contribution in [2.45, 2.75) is 18.2 Å². The fourth-order valence-corrected chi connectivity index (χ4v) is 4.37. The quantitative estimate of drug-likeness (QED) is 0.280. The Morgan fingerprint density at radius 3 is 2.46 bits per heavy atom. The molecule has 0 atom stereocenters. The summed E-state index contributed by atoms with van der Waals surface area (Å²) in [4.78, 5) is 30.4. The topological polar surface area (TPSA) is 82.5 Å². The molecule has 1 heterocycles. The molecule has 180 valence electrons. The van der Waals surface area contributed by atoms with E-state index in [-0.39, 0.29) is 29.6 Å². The van der Waals surface area contributed by atoms with Gasteiger partial charge in [-0.05, 0) is 47.5 Å². The van der Waals surface area contributed by atoms with Gasteiger partial charge in [0, 0.05) is 6.54 Å². The zero-order valence-electron chi connectivity index (χ0n) is 19.3. The number of nitrogens with zero attached hydrogens (tertiary/aromatic N) is 2. The predicted molar refractivity (Wildman–Crippen MR) is 134 cm³/mol. The number of amides is 1. The van der Waals surface area contributed by atoms with Crippen LogP contribution in [-0.4, -0.2) is 35.4 Å². The molecule has 0 bridgehead atoms. The van der Waals surface area contributed by atoms with Crippen LogP contribution in [0, 0.1) is 5.82 Å². The van der Waals surface area contributed by atoms with Crippen LogP contribution in [0.3, 0.4) is 0 Å². The molecule has 3 aromatic carbocycles. The van der Waals surface area contributed by atoms with Crippen molar-refractivity contribution in [3.63, 3.8) is 0 Å². The number of carbonyl (C=O) groups is 1. The second kappa shape index (κ2) is 11.1. The first-order valence-electron chi connectivity index (χ1n) is 10.8. The van der Waals surface area contributed by atoms with Gasteiger partial charge in [-0.25, -0.2) is 9.37 Å². The van der Waals surface area contributed by atoms with Crippen molar-refractivity contribution in [3.8, 4) is 11.5 Å². The van der Waals surface area contributed by atoms with Crippen molar-refractivity contribution in [1.82, 2.24) is 14.9 Å². The van der Waals surface area contributed by atoms with Crippen molar-refractivity contribution in [1.29, 1.82) is 0 Å². The Hall–Kier alpha value is -3.85. The van der Waals surface area contributed by atoms with E-state index in [9.17, 15) is 14.0 Å². The number of benzene rings is 3. The number of fused-ring (bicyclic) bond motifs is 1. The number of methoxy groups -OCH3 is 2. The fraction of sp³-hybridized carbons (Fsp3) is 0.192. The Bertz CT molecular complexity index is 1410. The normalized spacial score (nSPS) is 10.8. The molecule has 0 aliphatic heterocycles. The maximum atomic E-state index is 13.3. The minimum absolute atomic E-state index is 0.0709. The van der Waals surface area contributed by atoms with Crippen molar-refractivity contribution >= 4 is 28.6 Å². The third-order valence-corrected chi connectivity index (χ3v) is 6.33. The van der Waals surface area contributed by atoms with Gasteiger partial charge < -0.3 is 14.8 Å². The first-order chi connectivity index (χ1) is 17.0. The summed E-state index contributed by atoms with van der Waals surface area (Å²) in [7, 11) is 3.12. The van der Waals surface area contributed by atoms with E-state index in [4.69, 9.17) is 9.47 Å². The highest BCUT2D eigenvalue weighted by atomic mass is 32.2. The molecule has 0 saturated heterocycles. The fourth-order valence-electron chi connectivity index (χ4n) is 3.54. The zero-order chi connectivity index (χ0) is 24.8. The average Bonchev–Trinajstić information content (AvgIpc) is 2.89. The number of hydrogen-bond acceptors (Lipinski definition) is 6. The lowest BCUT2D eigenvalue weighted by Gasteiger charge is -2.14. The summed E-state index contributed by atoms with van der Waals surface area (Å²) in [6, 6.07) is 18.5. The summed E-state index contributed by atoms with van der Waals surface area (Å²) >= 11 is 1.18. The molecular formula is C26H24FN3O4S. The van der Waals surface area contributed by atoms with Gasteiger partial charge in [0.1, 0.15) is 5.82 Å². The maximum absolute atomic E-state index is 13.3. The van der Waals surface area contributed by atoms with Gasteiger partial charge in [0.05, 0.1) is 37.4 Å². The Labute approximate surface area is 205 Å². The van der Waals surface area contributed by atoms with E-state index in [1.807, 2.05) is 12.1 Å².